The van der Waals surface area contributed by atoms with Crippen LogP contribution in [0.2, 0.25) is 0 Å². The molecule has 35 heavy (non-hydrogen) atoms. The quantitative estimate of drug-likeness (QED) is 0.146. The molecule has 7 heteroatoms. The molecule has 4 aromatic rings. The van der Waals surface area contributed by atoms with Crippen LogP contribution >= 0.6 is 22.6 Å². The van der Waals surface area contributed by atoms with Crippen LogP contribution in [-0.2, 0) is 6.61 Å². The van der Waals surface area contributed by atoms with E-state index in [0.29, 0.717) is 30.3 Å². The number of hydrogen-bond donors (Lipinski definition) is 1. The van der Waals surface area contributed by atoms with E-state index in [-0.39, 0.29) is 5.91 Å². The van der Waals surface area contributed by atoms with Crippen LogP contribution in [0.1, 0.15) is 28.4 Å². The molecule has 0 heterocycles. The maximum absolute atomic E-state index is 12.3. The second kappa shape index (κ2) is 11.7. The Morgan fingerprint density at radius 3 is 2.54 bits per heavy atom. The Morgan fingerprint density at radius 2 is 1.77 bits per heavy atom. The molecule has 0 aromatic heterocycles. The summed E-state index contributed by atoms with van der Waals surface area (Å²) in [7, 11) is 1.60. The summed E-state index contributed by atoms with van der Waals surface area (Å²) >= 11 is 2.21. The third kappa shape index (κ3) is 6.10. The standard InChI is InChI=1S/C28H25IN2O4/c1-3-34-23-13-11-21(12-14-23)28(32)31-30-17-19-15-25(29)27(26(16-19)33-2)35-18-22-9-6-8-20-7-4-5-10-24(20)22/h4-17H,3,18H2,1-2H3,(H,31,32)/b30-17+. The molecule has 0 saturated heterocycles. The number of carbonyl (C=O) groups excluding carboxylic acids is 1. The minimum atomic E-state index is -0.305. The van der Waals surface area contributed by atoms with E-state index >= 15 is 0 Å². The van der Waals surface area contributed by atoms with Crippen molar-refractivity contribution in [2.24, 2.45) is 5.10 Å². The first-order valence-corrected chi connectivity index (χ1v) is 12.2. The maximum atomic E-state index is 12.3. The summed E-state index contributed by atoms with van der Waals surface area (Å²) in [6.07, 6.45) is 1.58. The molecule has 1 amide bonds. The number of ether oxygens (including phenoxy) is 3. The topological polar surface area (TPSA) is 69.2 Å². The van der Waals surface area contributed by atoms with Gasteiger partial charge in [-0.05, 0) is 87.8 Å². The monoisotopic (exact) mass is 580 g/mol. The number of hydrazone groups is 1. The van der Waals surface area contributed by atoms with E-state index in [2.05, 4.69) is 57.4 Å². The Balaban J connectivity index is 1.44. The van der Waals surface area contributed by atoms with E-state index in [4.69, 9.17) is 14.2 Å². The van der Waals surface area contributed by atoms with E-state index < -0.39 is 0 Å². The smallest absolute Gasteiger partial charge is 0.271 e. The van der Waals surface area contributed by atoms with Crippen molar-refractivity contribution in [1.29, 1.82) is 0 Å². The van der Waals surface area contributed by atoms with Crippen molar-refractivity contribution in [3.63, 3.8) is 0 Å². The number of benzene rings is 4. The second-order valence-electron chi connectivity index (χ2n) is 7.62. The van der Waals surface area contributed by atoms with Crippen molar-refractivity contribution < 1.29 is 19.0 Å². The van der Waals surface area contributed by atoms with Crippen LogP contribution in [-0.4, -0.2) is 25.8 Å². The molecular formula is C28H25IN2O4. The first-order chi connectivity index (χ1) is 17.1. The summed E-state index contributed by atoms with van der Waals surface area (Å²) in [4.78, 5) is 12.3. The van der Waals surface area contributed by atoms with Crippen molar-refractivity contribution in [2.75, 3.05) is 13.7 Å². The highest BCUT2D eigenvalue weighted by atomic mass is 127. The Kier molecular flexibility index (Phi) is 8.20. The number of nitrogens with zero attached hydrogens (tertiary/aromatic N) is 1. The first-order valence-electron chi connectivity index (χ1n) is 11.1. The third-order valence-corrected chi connectivity index (χ3v) is 6.11. The number of halogens is 1. The van der Waals surface area contributed by atoms with Gasteiger partial charge in [-0.15, -0.1) is 0 Å². The summed E-state index contributed by atoms with van der Waals surface area (Å²) in [6.45, 7) is 2.90. The molecule has 4 rings (SSSR count). The summed E-state index contributed by atoms with van der Waals surface area (Å²) in [5.41, 5.74) is 4.92. The van der Waals surface area contributed by atoms with Gasteiger partial charge in [0.25, 0.3) is 5.91 Å². The lowest BCUT2D eigenvalue weighted by Gasteiger charge is -2.14. The van der Waals surface area contributed by atoms with Crippen LogP contribution in [0.5, 0.6) is 17.2 Å². The van der Waals surface area contributed by atoms with Crippen molar-refractivity contribution in [1.82, 2.24) is 5.43 Å². The van der Waals surface area contributed by atoms with Crippen LogP contribution in [0.3, 0.4) is 0 Å². The lowest BCUT2D eigenvalue weighted by atomic mass is 10.1. The van der Waals surface area contributed by atoms with Gasteiger partial charge in [-0.2, -0.15) is 5.10 Å². The fourth-order valence-corrected chi connectivity index (χ4v) is 4.40. The number of hydrogen-bond acceptors (Lipinski definition) is 5. The zero-order valence-corrected chi connectivity index (χ0v) is 21.6. The maximum Gasteiger partial charge on any atom is 0.271 e. The summed E-state index contributed by atoms with van der Waals surface area (Å²) in [5.74, 6) is 1.67. The van der Waals surface area contributed by atoms with E-state index in [1.807, 2.05) is 37.3 Å². The fraction of sp³-hybridized carbons (Fsp3) is 0.143. The Labute approximate surface area is 218 Å². The molecule has 0 radical (unpaired) electrons. The molecule has 0 aliphatic rings. The van der Waals surface area contributed by atoms with Crippen LogP contribution in [0, 0.1) is 3.57 Å². The molecule has 0 aliphatic carbocycles. The number of fused-ring (bicyclic) bond motifs is 1. The van der Waals surface area contributed by atoms with E-state index in [1.165, 1.54) is 5.39 Å². The zero-order valence-electron chi connectivity index (χ0n) is 19.5. The molecule has 1 N–H and O–H groups in total. The molecule has 0 unspecified atom stereocenters. The van der Waals surface area contributed by atoms with Gasteiger partial charge in [0.1, 0.15) is 12.4 Å². The molecular weight excluding hydrogens is 555 g/mol. The molecule has 0 bridgehead atoms. The summed E-state index contributed by atoms with van der Waals surface area (Å²) in [5, 5.41) is 6.43. The molecule has 0 spiro atoms. The van der Waals surface area contributed by atoms with Crippen molar-refractivity contribution in [2.45, 2.75) is 13.5 Å². The van der Waals surface area contributed by atoms with Gasteiger partial charge in [-0.3, -0.25) is 4.79 Å². The van der Waals surface area contributed by atoms with Gasteiger partial charge in [0.15, 0.2) is 11.5 Å². The number of rotatable bonds is 9. The van der Waals surface area contributed by atoms with E-state index in [1.54, 1.807) is 37.6 Å². The molecule has 4 aromatic carbocycles. The highest BCUT2D eigenvalue weighted by Gasteiger charge is 2.12. The molecule has 0 atom stereocenters. The summed E-state index contributed by atoms with van der Waals surface area (Å²) in [6, 6.07) is 25.1. The largest absolute Gasteiger partial charge is 0.494 e. The number of amides is 1. The number of nitrogens with one attached hydrogen (secondary N) is 1. The minimum absolute atomic E-state index is 0.305. The first kappa shape index (κ1) is 24.5. The molecule has 0 fully saturated rings. The predicted molar refractivity (Wildman–Crippen MR) is 147 cm³/mol. The Hall–Kier alpha value is -3.59. The lowest BCUT2D eigenvalue weighted by Crippen LogP contribution is -2.17. The average Bonchev–Trinajstić information content (AvgIpc) is 2.88. The fourth-order valence-electron chi connectivity index (χ4n) is 3.62. The van der Waals surface area contributed by atoms with Gasteiger partial charge >= 0.3 is 0 Å². The normalized spacial score (nSPS) is 10.9. The van der Waals surface area contributed by atoms with Crippen LogP contribution < -0.4 is 19.6 Å². The van der Waals surface area contributed by atoms with Gasteiger partial charge in [0, 0.05) is 5.56 Å². The van der Waals surface area contributed by atoms with Gasteiger partial charge in [0.05, 0.1) is 23.5 Å². The van der Waals surface area contributed by atoms with Crippen LogP contribution in [0.25, 0.3) is 10.8 Å². The summed E-state index contributed by atoms with van der Waals surface area (Å²) < 4.78 is 18.0. The Morgan fingerprint density at radius 1 is 1.00 bits per heavy atom. The van der Waals surface area contributed by atoms with E-state index in [0.717, 1.165) is 25.8 Å². The van der Waals surface area contributed by atoms with Gasteiger partial charge in [0.2, 0.25) is 0 Å². The lowest BCUT2D eigenvalue weighted by molar-refractivity contribution is 0.0955. The highest BCUT2D eigenvalue weighted by Crippen LogP contribution is 2.34. The van der Waals surface area contributed by atoms with Gasteiger partial charge in [-0.1, -0.05) is 42.5 Å². The second-order valence-corrected chi connectivity index (χ2v) is 8.78. The predicted octanol–water partition coefficient (Wildman–Crippen LogP) is 6.19. The molecule has 178 valence electrons. The molecule has 0 saturated carbocycles. The zero-order chi connectivity index (χ0) is 24.6. The SMILES string of the molecule is CCOc1ccc(C(=O)N/N=C/c2cc(I)c(OCc3cccc4ccccc34)c(OC)c2)cc1. The van der Waals surface area contributed by atoms with Crippen molar-refractivity contribution in [3.8, 4) is 17.2 Å². The molecule has 0 aliphatic heterocycles. The van der Waals surface area contributed by atoms with Crippen LogP contribution in [0.4, 0.5) is 0 Å². The Bertz CT molecular complexity index is 1350. The van der Waals surface area contributed by atoms with Gasteiger partial charge < -0.3 is 14.2 Å². The average molecular weight is 580 g/mol. The van der Waals surface area contributed by atoms with Crippen molar-refractivity contribution >= 4 is 45.5 Å². The van der Waals surface area contributed by atoms with E-state index in [9.17, 15) is 4.79 Å². The van der Waals surface area contributed by atoms with Crippen molar-refractivity contribution in [3.05, 3.63) is 99.1 Å². The third-order valence-electron chi connectivity index (χ3n) is 5.31. The highest BCUT2D eigenvalue weighted by molar-refractivity contribution is 14.1. The minimum Gasteiger partial charge on any atom is -0.494 e. The number of carbonyl (C=O) groups is 1. The number of methoxy groups -OCH3 is 1. The molecule has 6 nitrogen and oxygen atoms in total. The van der Waals surface area contributed by atoms with Crippen LogP contribution in [0.15, 0.2) is 84.0 Å². The van der Waals surface area contributed by atoms with Gasteiger partial charge in [-0.25, -0.2) is 5.43 Å².